The lowest BCUT2D eigenvalue weighted by molar-refractivity contribution is 0.427. The Kier molecular flexibility index (Phi) is 3.41. The zero-order valence-electron chi connectivity index (χ0n) is 10.4. The fourth-order valence-corrected chi connectivity index (χ4v) is 3.10. The first kappa shape index (κ1) is 11.2. The van der Waals surface area contributed by atoms with E-state index in [1.165, 1.54) is 44.9 Å². The van der Waals surface area contributed by atoms with Crippen molar-refractivity contribution in [1.82, 2.24) is 20.5 Å². The molecule has 1 atom stereocenters. The maximum Gasteiger partial charge on any atom is 0.155 e. The van der Waals surface area contributed by atoms with Gasteiger partial charge in [-0.15, -0.1) is 0 Å². The van der Waals surface area contributed by atoms with E-state index in [1.54, 1.807) is 0 Å². The Morgan fingerprint density at radius 3 is 2.53 bits per heavy atom. The van der Waals surface area contributed by atoms with Crippen LogP contribution >= 0.6 is 0 Å². The van der Waals surface area contributed by atoms with E-state index < -0.39 is 0 Å². The quantitative estimate of drug-likeness (QED) is 0.825. The molecule has 4 heteroatoms. The summed E-state index contributed by atoms with van der Waals surface area (Å²) in [6.07, 6.45) is 9.16. The molecule has 0 unspecified atom stereocenters. The number of aromatic nitrogens is 3. The third kappa shape index (κ3) is 2.51. The van der Waals surface area contributed by atoms with Gasteiger partial charge in [0.1, 0.15) is 5.82 Å². The number of aromatic amines is 1. The van der Waals surface area contributed by atoms with Crippen molar-refractivity contribution in [2.75, 3.05) is 13.1 Å². The molecular weight excluding hydrogens is 212 g/mol. The molecule has 1 saturated carbocycles. The van der Waals surface area contributed by atoms with Crippen molar-refractivity contribution in [2.24, 2.45) is 0 Å². The van der Waals surface area contributed by atoms with Crippen molar-refractivity contribution in [3.8, 4) is 0 Å². The van der Waals surface area contributed by atoms with Crippen LogP contribution in [0, 0.1) is 0 Å². The van der Waals surface area contributed by atoms with Crippen LogP contribution in [0.25, 0.3) is 0 Å². The second kappa shape index (κ2) is 5.17. The summed E-state index contributed by atoms with van der Waals surface area (Å²) in [7, 11) is 0. The number of hydrogen-bond donors (Lipinski definition) is 2. The van der Waals surface area contributed by atoms with Gasteiger partial charge >= 0.3 is 0 Å². The van der Waals surface area contributed by atoms with Gasteiger partial charge in [-0.25, -0.2) is 4.98 Å². The Morgan fingerprint density at radius 1 is 0.941 bits per heavy atom. The smallest absolute Gasteiger partial charge is 0.155 e. The van der Waals surface area contributed by atoms with Crippen LogP contribution in [-0.2, 0) is 0 Å². The summed E-state index contributed by atoms with van der Waals surface area (Å²) in [6, 6.07) is 0. The molecule has 2 fully saturated rings. The van der Waals surface area contributed by atoms with Crippen molar-refractivity contribution >= 4 is 0 Å². The monoisotopic (exact) mass is 234 g/mol. The summed E-state index contributed by atoms with van der Waals surface area (Å²) in [6.45, 7) is 2.19. The second-order valence-corrected chi connectivity index (χ2v) is 5.46. The summed E-state index contributed by atoms with van der Waals surface area (Å²) in [5.74, 6) is 3.35. The molecule has 17 heavy (non-hydrogen) atoms. The lowest BCUT2D eigenvalue weighted by Crippen LogP contribution is -2.29. The van der Waals surface area contributed by atoms with Crippen LogP contribution in [0.5, 0.6) is 0 Å². The van der Waals surface area contributed by atoms with Crippen LogP contribution in [0.4, 0.5) is 0 Å². The van der Waals surface area contributed by atoms with E-state index >= 15 is 0 Å². The van der Waals surface area contributed by atoms with Crippen LogP contribution in [0.1, 0.15) is 68.4 Å². The minimum absolute atomic E-state index is 0.525. The minimum atomic E-state index is 0.525. The normalized spacial score (nSPS) is 27.2. The lowest BCUT2D eigenvalue weighted by atomic mass is 9.89. The predicted molar refractivity (Wildman–Crippen MR) is 67.1 cm³/mol. The first-order chi connectivity index (χ1) is 8.43. The third-order valence-electron chi connectivity index (χ3n) is 4.17. The number of nitrogens with one attached hydrogen (secondary N) is 2. The van der Waals surface area contributed by atoms with Crippen molar-refractivity contribution in [2.45, 2.75) is 56.8 Å². The standard InChI is InChI=1S/C13H22N4/c1-2-5-10(6-3-1)12-15-13(17-16-12)11-7-4-8-14-9-11/h10-11,14H,1-9H2,(H,15,16,17)/t11-/m0/s1. The molecule has 1 aliphatic heterocycles. The van der Waals surface area contributed by atoms with Gasteiger partial charge in [0.25, 0.3) is 0 Å². The summed E-state index contributed by atoms with van der Waals surface area (Å²) < 4.78 is 0. The lowest BCUT2D eigenvalue weighted by Gasteiger charge is -2.20. The summed E-state index contributed by atoms with van der Waals surface area (Å²) in [5, 5.41) is 11.1. The summed E-state index contributed by atoms with van der Waals surface area (Å²) in [5.41, 5.74) is 0. The van der Waals surface area contributed by atoms with Gasteiger partial charge in [-0.2, -0.15) is 5.10 Å². The second-order valence-electron chi connectivity index (χ2n) is 5.46. The van der Waals surface area contributed by atoms with Crippen LogP contribution in [-0.4, -0.2) is 28.3 Å². The first-order valence-electron chi connectivity index (χ1n) is 7.06. The van der Waals surface area contributed by atoms with Crippen molar-refractivity contribution in [3.05, 3.63) is 11.6 Å². The number of hydrogen-bond acceptors (Lipinski definition) is 3. The molecule has 2 aliphatic rings. The van der Waals surface area contributed by atoms with Gasteiger partial charge in [-0.3, -0.25) is 5.10 Å². The van der Waals surface area contributed by atoms with Gasteiger partial charge in [0.2, 0.25) is 0 Å². The molecule has 0 bridgehead atoms. The molecule has 94 valence electrons. The Balaban J connectivity index is 1.68. The number of rotatable bonds is 2. The molecule has 3 rings (SSSR count). The Bertz CT molecular complexity index is 316. The molecule has 4 nitrogen and oxygen atoms in total. The SMILES string of the molecule is C1CCC(c2nc([C@H]3CCCNC3)n[nH]2)CC1. The summed E-state index contributed by atoms with van der Waals surface area (Å²) >= 11 is 0. The van der Waals surface area contributed by atoms with E-state index in [0.29, 0.717) is 11.8 Å². The summed E-state index contributed by atoms with van der Waals surface area (Å²) in [4.78, 5) is 4.75. The topological polar surface area (TPSA) is 53.6 Å². The highest BCUT2D eigenvalue weighted by Crippen LogP contribution is 2.31. The van der Waals surface area contributed by atoms with Gasteiger partial charge in [0.15, 0.2) is 5.82 Å². The molecule has 0 spiro atoms. The average Bonchev–Trinajstić information content (AvgIpc) is 2.90. The number of nitrogens with zero attached hydrogens (tertiary/aromatic N) is 2. The molecule has 1 aromatic rings. The van der Waals surface area contributed by atoms with Crippen LogP contribution in [0.2, 0.25) is 0 Å². The molecular formula is C13H22N4. The molecule has 0 aromatic carbocycles. The fraction of sp³-hybridized carbons (Fsp3) is 0.846. The zero-order chi connectivity index (χ0) is 11.5. The van der Waals surface area contributed by atoms with Gasteiger partial charge in [-0.05, 0) is 32.2 Å². The van der Waals surface area contributed by atoms with Crippen molar-refractivity contribution < 1.29 is 0 Å². The van der Waals surface area contributed by atoms with Gasteiger partial charge in [0.05, 0.1) is 0 Å². The Labute approximate surface area is 103 Å². The van der Waals surface area contributed by atoms with Crippen LogP contribution < -0.4 is 5.32 Å². The molecule has 2 N–H and O–H groups in total. The zero-order valence-corrected chi connectivity index (χ0v) is 10.4. The largest absolute Gasteiger partial charge is 0.316 e. The van der Waals surface area contributed by atoms with E-state index in [-0.39, 0.29) is 0 Å². The third-order valence-corrected chi connectivity index (χ3v) is 4.17. The van der Waals surface area contributed by atoms with E-state index in [4.69, 9.17) is 4.98 Å². The molecule has 1 saturated heterocycles. The average molecular weight is 234 g/mol. The van der Waals surface area contributed by atoms with Crippen LogP contribution in [0.3, 0.4) is 0 Å². The Hall–Kier alpha value is -0.900. The highest BCUT2D eigenvalue weighted by molar-refractivity contribution is 5.04. The van der Waals surface area contributed by atoms with E-state index in [1.807, 2.05) is 0 Å². The molecule has 0 amide bonds. The Morgan fingerprint density at radius 2 is 1.76 bits per heavy atom. The molecule has 0 radical (unpaired) electrons. The van der Waals surface area contributed by atoms with E-state index in [9.17, 15) is 0 Å². The molecule has 2 heterocycles. The van der Waals surface area contributed by atoms with Crippen molar-refractivity contribution in [1.29, 1.82) is 0 Å². The highest BCUT2D eigenvalue weighted by Gasteiger charge is 2.23. The van der Waals surface area contributed by atoms with Gasteiger partial charge in [-0.1, -0.05) is 19.3 Å². The van der Waals surface area contributed by atoms with Crippen LogP contribution in [0.15, 0.2) is 0 Å². The number of piperidine rings is 1. The van der Waals surface area contributed by atoms with Gasteiger partial charge < -0.3 is 5.32 Å². The molecule has 1 aliphatic carbocycles. The first-order valence-corrected chi connectivity index (χ1v) is 7.06. The van der Waals surface area contributed by atoms with E-state index in [2.05, 4.69) is 15.5 Å². The fourth-order valence-electron chi connectivity index (χ4n) is 3.10. The maximum atomic E-state index is 4.75. The van der Waals surface area contributed by atoms with E-state index in [0.717, 1.165) is 24.7 Å². The molecule has 1 aromatic heterocycles. The minimum Gasteiger partial charge on any atom is -0.316 e. The predicted octanol–water partition coefficient (Wildman–Crippen LogP) is 2.32. The maximum absolute atomic E-state index is 4.75. The van der Waals surface area contributed by atoms with Gasteiger partial charge in [0, 0.05) is 18.4 Å². The van der Waals surface area contributed by atoms with Crippen molar-refractivity contribution in [3.63, 3.8) is 0 Å². The highest BCUT2D eigenvalue weighted by atomic mass is 15.2. The number of H-pyrrole nitrogens is 1.